The second-order valence-corrected chi connectivity index (χ2v) is 4.51. The third-order valence-electron chi connectivity index (χ3n) is 3.14. The van der Waals surface area contributed by atoms with Crippen LogP contribution in [0.2, 0.25) is 0 Å². The van der Waals surface area contributed by atoms with Crippen LogP contribution in [-0.2, 0) is 0 Å². The summed E-state index contributed by atoms with van der Waals surface area (Å²) in [7, 11) is 0. The highest BCUT2D eigenvalue weighted by Gasteiger charge is 2.15. The maximum absolute atomic E-state index is 12.2. The van der Waals surface area contributed by atoms with E-state index in [0.717, 1.165) is 5.39 Å². The topological polar surface area (TPSA) is 82.5 Å². The van der Waals surface area contributed by atoms with Gasteiger partial charge in [-0.1, -0.05) is 24.3 Å². The number of carbonyl (C=O) groups excluding carboxylic acids is 1. The van der Waals surface area contributed by atoms with Gasteiger partial charge in [0, 0.05) is 11.6 Å². The van der Waals surface area contributed by atoms with Crippen molar-refractivity contribution in [1.82, 2.24) is 4.98 Å². The molecular weight excluding hydrogens is 268 g/mol. The molecule has 3 aromatic rings. The number of carbonyl (C=O) groups is 1. The van der Waals surface area contributed by atoms with E-state index in [1.807, 2.05) is 24.3 Å². The van der Waals surface area contributed by atoms with Crippen LogP contribution in [0, 0.1) is 0 Å². The summed E-state index contributed by atoms with van der Waals surface area (Å²) in [6, 6.07) is 13.4. The molecule has 0 bridgehead atoms. The molecule has 0 fully saturated rings. The summed E-state index contributed by atoms with van der Waals surface area (Å²) in [6.07, 6.45) is 1.64. The summed E-state index contributed by atoms with van der Waals surface area (Å²) in [5, 5.41) is 22.8. The van der Waals surface area contributed by atoms with Crippen molar-refractivity contribution in [3.63, 3.8) is 0 Å². The Kier molecular flexibility index (Phi) is 3.16. The fourth-order valence-corrected chi connectivity index (χ4v) is 2.11. The number of phenols is 2. The van der Waals surface area contributed by atoms with Crippen molar-refractivity contribution in [3.8, 4) is 11.5 Å². The molecule has 0 radical (unpaired) electrons. The van der Waals surface area contributed by atoms with Gasteiger partial charge in [0.15, 0.2) is 11.5 Å². The van der Waals surface area contributed by atoms with Crippen LogP contribution in [0.1, 0.15) is 10.4 Å². The van der Waals surface area contributed by atoms with Crippen molar-refractivity contribution >= 4 is 22.5 Å². The van der Waals surface area contributed by atoms with E-state index in [1.165, 1.54) is 18.2 Å². The average Bonchev–Trinajstić information content (AvgIpc) is 2.50. The first-order valence-corrected chi connectivity index (χ1v) is 6.33. The van der Waals surface area contributed by atoms with Gasteiger partial charge in [-0.25, -0.2) is 0 Å². The summed E-state index contributed by atoms with van der Waals surface area (Å²) in [5.74, 6) is -1.29. The van der Waals surface area contributed by atoms with Crippen molar-refractivity contribution in [2.24, 2.45) is 0 Å². The molecule has 0 spiro atoms. The van der Waals surface area contributed by atoms with E-state index in [9.17, 15) is 15.0 Å². The molecule has 5 nitrogen and oxygen atoms in total. The van der Waals surface area contributed by atoms with Gasteiger partial charge in [0.25, 0.3) is 5.91 Å². The molecule has 0 aliphatic carbocycles. The first kappa shape index (κ1) is 12.9. The summed E-state index contributed by atoms with van der Waals surface area (Å²) in [6.45, 7) is 0. The lowest BCUT2D eigenvalue weighted by molar-refractivity contribution is 0.102. The SMILES string of the molecule is O=C(Nc1cccc2cccnc12)c1cccc(O)c1O. The summed E-state index contributed by atoms with van der Waals surface area (Å²) < 4.78 is 0. The molecular formula is C16H12N2O3. The third kappa shape index (κ3) is 2.36. The molecule has 21 heavy (non-hydrogen) atoms. The lowest BCUT2D eigenvalue weighted by atomic mass is 10.1. The van der Waals surface area contributed by atoms with Gasteiger partial charge in [-0.3, -0.25) is 9.78 Å². The lowest BCUT2D eigenvalue weighted by Gasteiger charge is -2.09. The number of phenolic OH excluding ortho intramolecular Hbond substituents is 2. The van der Waals surface area contributed by atoms with Crippen LogP contribution < -0.4 is 5.32 Å². The first-order valence-electron chi connectivity index (χ1n) is 6.33. The molecule has 3 N–H and O–H groups in total. The molecule has 5 heteroatoms. The van der Waals surface area contributed by atoms with Crippen molar-refractivity contribution in [1.29, 1.82) is 0 Å². The van der Waals surface area contributed by atoms with E-state index in [1.54, 1.807) is 12.3 Å². The number of rotatable bonds is 2. The number of amides is 1. The molecule has 1 heterocycles. The van der Waals surface area contributed by atoms with Gasteiger partial charge in [-0.15, -0.1) is 0 Å². The van der Waals surface area contributed by atoms with E-state index in [-0.39, 0.29) is 11.3 Å². The van der Waals surface area contributed by atoms with E-state index in [2.05, 4.69) is 10.3 Å². The zero-order chi connectivity index (χ0) is 14.8. The number of para-hydroxylation sites is 2. The molecule has 0 atom stereocenters. The molecule has 0 aliphatic heterocycles. The maximum atomic E-state index is 12.2. The maximum Gasteiger partial charge on any atom is 0.259 e. The number of nitrogens with one attached hydrogen (secondary N) is 1. The molecule has 1 aromatic heterocycles. The van der Waals surface area contributed by atoms with Crippen molar-refractivity contribution in [2.75, 3.05) is 5.32 Å². The third-order valence-corrected chi connectivity index (χ3v) is 3.14. The summed E-state index contributed by atoms with van der Waals surface area (Å²) in [4.78, 5) is 16.5. The van der Waals surface area contributed by atoms with E-state index in [0.29, 0.717) is 11.2 Å². The number of fused-ring (bicyclic) bond motifs is 1. The van der Waals surface area contributed by atoms with Gasteiger partial charge in [-0.2, -0.15) is 0 Å². The molecule has 0 saturated heterocycles. The number of aromatic hydroxyl groups is 2. The number of benzene rings is 2. The second kappa shape index (κ2) is 5.13. The smallest absolute Gasteiger partial charge is 0.259 e. The number of nitrogens with zero attached hydrogens (tertiary/aromatic N) is 1. The van der Waals surface area contributed by atoms with E-state index in [4.69, 9.17) is 0 Å². The Labute approximate surface area is 120 Å². The zero-order valence-electron chi connectivity index (χ0n) is 10.9. The van der Waals surface area contributed by atoms with Crippen LogP contribution in [0.4, 0.5) is 5.69 Å². The predicted octanol–water partition coefficient (Wildman–Crippen LogP) is 2.90. The molecule has 0 saturated carbocycles. The molecule has 1 amide bonds. The molecule has 3 rings (SSSR count). The number of hydrogen-bond donors (Lipinski definition) is 3. The minimum Gasteiger partial charge on any atom is -0.504 e. The molecule has 0 unspecified atom stereocenters. The fraction of sp³-hybridized carbons (Fsp3) is 0. The highest BCUT2D eigenvalue weighted by Crippen LogP contribution is 2.29. The van der Waals surface area contributed by atoms with Gasteiger partial charge >= 0.3 is 0 Å². The van der Waals surface area contributed by atoms with Crippen LogP contribution >= 0.6 is 0 Å². The minimum absolute atomic E-state index is 0.00272. The standard InChI is InChI=1S/C16H12N2O3/c19-13-8-2-6-11(15(13)20)16(21)18-12-7-1-4-10-5-3-9-17-14(10)12/h1-9,19-20H,(H,18,21). The Morgan fingerprint density at radius 1 is 1.00 bits per heavy atom. The van der Waals surface area contributed by atoms with Crippen LogP contribution in [-0.4, -0.2) is 21.1 Å². The van der Waals surface area contributed by atoms with E-state index < -0.39 is 11.7 Å². The Hall–Kier alpha value is -3.08. The summed E-state index contributed by atoms with van der Waals surface area (Å²) >= 11 is 0. The normalized spacial score (nSPS) is 10.5. The van der Waals surface area contributed by atoms with Gasteiger partial charge in [0.05, 0.1) is 16.8 Å². The quantitative estimate of drug-likeness (QED) is 0.630. The van der Waals surface area contributed by atoms with Crippen LogP contribution in [0.15, 0.2) is 54.7 Å². The Balaban J connectivity index is 1.99. The van der Waals surface area contributed by atoms with Crippen molar-refractivity contribution in [3.05, 3.63) is 60.3 Å². The molecule has 2 aromatic carbocycles. The Bertz CT molecular complexity index is 825. The predicted molar refractivity (Wildman–Crippen MR) is 79.5 cm³/mol. The van der Waals surface area contributed by atoms with Gasteiger partial charge in [-0.05, 0) is 24.3 Å². The molecule has 0 aliphatic rings. The van der Waals surface area contributed by atoms with Gasteiger partial charge in [0.1, 0.15) is 0 Å². The second-order valence-electron chi connectivity index (χ2n) is 4.51. The number of aromatic nitrogens is 1. The van der Waals surface area contributed by atoms with Gasteiger partial charge in [0.2, 0.25) is 0 Å². The summed E-state index contributed by atoms with van der Waals surface area (Å²) in [5.41, 5.74) is 1.21. The van der Waals surface area contributed by atoms with Crippen LogP contribution in [0.5, 0.6) is 11.5 Å². The van der Waals surface area contributed by atoms with Crippen molar-refractivity contribution in [2.45, 2.75) is 0 Å². The van der Waals surface area contributed by atoms with Crippen LogP contribution in [0.25, 0.3) is 10.9 Å². The highest BCUT2D eigenvalue weighted by molar-refractivity contribution is 6.09. The van der Waals surface area contributed by atoms with E-state index >= 15 is 0 Å². The lowest BCUT2D eigenvalue weighted by Crippen LogP contribution is -2.12. The highest BCUT2D eigenvalue weighted by atomic mass is 16.3. The first-order chi connectivity index (χ1) is 10.2. The Morgan fingerprint density at radius 2 is 1.76 bits per heavy atom. The fourth-order valence-electron chi connectivity index (χ4n) is 2.11. The largest absolute Gasteiger partial charge is 0.504 e. The number of pyridine rings is 1. The number of anilines is 1. The monoisotopic (exact) mass is 280 g/mol. The van der Waals surface area contributed by atoms with Crippen molar-refractivity contribution < 1.29 is 15.0 Å². The minimum atomic E-state index is -0.512. The molecule has 104 valence electrons. The van der Waals surface area contributed by atoms with Gasteiger partial charge < -0.3 is 15.5 Å². The zero-order valence-corrected chi connectivity index (χ0v) is 10.9. The number of hydrogen-bond acceptors (Lipinski definition) is 4. The average molecular weight is 280 g/mol. The Morgan fingerprint density at radius 3 is 2.62 bits per heavy atom. The van der Waals surface area contributed by atoms with Crippen LogP contribution in [0.3, 0.4) is 0 Å².